The minimum Gasteiger partial charge on any atom is -0.490 e. The van der Waals surface area contributed by atoms with Gasteiger partial charge in [-0.3, -0.25) is 4.79 Å². The van der Waals surface area contributed by atoms with E-state index < -0.39 is 0 Å². The minimum atomic E-state index is -0.259. The van der Waals surface area contributed by atoms with Crippen molar-refractivity contribution in [3.05, 3.63) is 56.8 Å². The van der Waals surface area contributed by atoms with Crippen molar-refractivity contribution in [2.24, 2.45) is 0 Å². The predicted molar refractivity (Wildman–Crippen MR) is 133 cm³/mol. The summed E-state index contributed by atoms with van der Waals surface area (Å²) in [5, 5.41) is 12.7. The first-order valence-electron chi connectivity index (χ1n) is 10.2. The van der Waals surface area contributed by atoms with Crippen molar-refractivity contribution in [2.75, 3.05) is 17.7 Å². The molecule has 1 N–H and O–H groups in total. The Labute approximate surface area is 211 Å². The van der Waals surface area contributed by atoms with Crippen LogP contribution in [-0.2, 0) is 17.9 Å². The molecule has 0 aliphatic carbocycles. The first-order chi connectivity index (χ1) is 15.8. The molecule has 0 saturated heterocycles. The average molecular weight is 530 g/mol. The number of benzene rings is 2. The van der Waals surface area contributed by atoms with E-state index in [0.29, 0.717) is 56.4 Å². The zero-order valence-corrected chi connectivity index (χ0v) is 21.4. The van der Waals surface area contributed by atoms with Crippen LogP contribution in [0.3, 0.4) is 0 Å². The normalized spacial score (nSPS) is 10.8. The summed E-state index contributed by atoms with van der Waals surface area (Å²) < 4.78 is 13.5. The van der Waals surface area contributed by atoms with Crippen molar-refractivity contribution in [1.29, 1.82) is 0 Å². The summed E-state index contributed by atoms with van der Waals surface area (Å²) in [5.41, 5.74) is 1.48. The molecule has 0 aliphatic heterocycles. The molecule has 0 spiro atoms. The van der Waals surface area contributed by atoms with E-state index in [2.05, 4.69) is 15.5 Å². The molecule has 0 aliphatic rings. The second-order valence-corrected chi connectivity index (χ2v) is 9.06. The number of thioether (sulfide) groups is 1. The topological polar surface area (TPSA) is 78.3 Å². The average Bonchev–Trinajstić information content (AvgIpc) is 3.17. The Morgan fingerprint density at radius 3 is 2.52 bits per heavy atom. The number of rotatable bonds is 10. The van der Waals surface area contributed by atoms with Gasteiger partial charge in [0, 0.05) is 6.54 Å². The third-order valence-corrected chi connectivity index (χ3v) is 6.48. The number of amides is 1. The number of carbonyl (C=O) groups is 1. The fraction of sp³-hybridized carbons (Fsp3) is 0.318. The van der Waals surface area contributed by atoms with Crippen LogP contribution >= 0.6 is 46.6 Å². The highest BCUT2D eigenvalue weighted by Gasteiger charge is 2.16. The van der Waals surface area contributed by atoms with Gasteiger partial charge < -0.3 is 19.4 Å². The molecule has 0 unspecified atom stereocenters. The SMILES string of the molecule is CCOc1cc(C)ccc1OCc1nnc(SCC(=O)Nc2cc(Cl)c(Cl)cc2Cl)n1CC. The number of anilines is 1. The molecule has 2 aromatic carbocycles. The molecule has 3 aromatic rings. The van der Waals surface area contributed by atoms with Crippen molar-refractivity contribution in [3.63, 3.8) is 0 Å². The molecule has 1 aromatic heterocycles. The maximum absolute atomic E-state index is 12.4. The van der Waals surface area contributed by atoms with Gasteiger partial charge in [0.25, 0.3) is 0 Å². The van der Waals surface area contributed by atoms with Gasteiger partial charge >= 0.3 is 0 Å². The third kappa shape index (κ3) is 6.69. The maximum Gasteiger partial charge on any atom is 0.234 e. The van der Waals surface area contributed by atoms with Crippen LogP contribution in [0.25, 0.3) is 0 Å². The summed E-state index contributed by atoms with van der Waals surface area (Å²) in [5.74, 6) is 1.83. The summed E-state index contributed by atoms with van der Waals surface area (Å²) in [6, 6.07) is 8.77. The zero-order chi connectivity index (χ0) is 24.0. The van der Waals surface area contributed by atoms with Gasteiger partial charge in [-0.2, -0.15) is 0 Å². The van der Waals surface area contributed by atoms with Crippen molar-refractivity contribution in [1.82, 2.24) is 14.8 Å². The first-order valence-corrected chi connectivity index (χ1v) is 12.3. The highest BCUT2D eigenvalue weighted by Crippen LogP contribution is 2.32. The molecular weight excluding hydrogens is 507 g/mol. The monoisotopic (exact) mass is 528 g/mol. The molecule has 11 heteroatoms. The van der Waals surface area contributed by atoms with Crippen LogP contribution in [0, 0.1) is 6.92 Å². The maximum atomic E-state index is 12.4. The first kappa shape index (κ1) is 25.5. The van der Waals surface area contributed by atoms with E-state index in [1.165, 1.54) is 23.9 Å². The van der Waals surface area contributed by atoms with E-state index in [1.807, 2.05) is 43.5 Å². The van der Waals surface area contributed by atoms with Crippen LogP contribution in [0.4, 0.5) is 5.69 Å². The van der Waals surface area contributed by atoms with Gasteiger partial charge in [-0.05, 0) is 50.6 Å². The number of hydrogen-bond acceptors (Lipinski definition) is 6. The Hall–Kier alpha value is -2.13. The van der Waals surface area contributed by atoms with Crippen LogP contribution < -0.4 is 14.8 Å². The van der Waals surface area contributed by atoms with E-state index in [1.54, 1.807) is 0 Å². The lowest BCUT2D eigenvalue weighted by molar-refractivity contribution is -0.113. The molecule has 0 bridgehead atoms. The molecule has 0 saturated carbocycles. The summed E-state index contributed by atoms with van der Waals surface area (Å²) in [7, 11) is 0. The second kappa shape index (κ2) is 11.8. The fourth-order valence-electron chi connectivity index (χ4n) is 2.93. The lowest BCUT2D eigenvalue weighted by atomic mass is 10.2. The number of carbonyl (C=O) groups excluding carboxylic acids is 1. The Balaban J connectivity index is 1.63. The van der Waals surface area contributed by atoms with Gasteiger partial charge in [-0.25, -0.2) is 0 Å². The second-order valence-electron chi connectivity index (χ2n) is 6.90. The molecule has 0 radical (unpaired) electrons. The highest BCUT2D eigenvalue weighted by atomic mass is 35.5. The number of ether oxygens (including phenoxy) is 2. The van der Waals surface area contributed by atoms with E-state index in [4.69, 9.17) is 44.3 Å². The molecular formula is C22H23Cl3N4O3S. The molecule has 1 heterocycles. The molecule has 176 valence electrons. The molecule has 3 rings (SSSR count). The Kier molecular flexibility index (Phi) is 9.14. The summed E-state index contributed by atoms with van der Waals surface area (Å²) in [6.07, 6.45) is 0. The number of hydrogen-bond donors (Lipinski definition) is 1. The Bertz CT molecular complexity index is 1140. The van der Waals surface area contributed by atoms with Crippen molar-refractivity contribution < 1.29 is 14.3 Å². The smallest absolute Gasteiger partial charge is 0.234 e. The van der Waals surface area contributed by atoms with E-state index in [-0.39, 0.29) is 18.3 Å². The number of halogens is 3. The van der Waals surface area contributed by atoms with Gasteiger partial charge in [0.2, 0.25) is 5.91 Å². The van der Waals surface area contributed by atoms with Gasteiger partial charge in [0.1, 0.15) is 6.61 Å². The fourth-order valence-corrected chi connectivity index (χ4v) is 4.35. The number of aryl methyl sites for hydroxylation is 1. The molecule has 1 amide bonds. The van der Waals surface area contributed by atoms with E-state index in [9.17, 15) is 4.79 Å². The largest absolute Gasteiger partial charge is 0.490 e. The van der Waals surface area contributed by atoms with E-state index >= 15 is 0 Å². The molecule has 33 heavy (non-hydrogen) atoms. The van der Waals surface area contributed by atoms with Gasteiger partial charge in [0.05, 0.1) is 33.1 Å². The predicted octanol–water partition coefficient (Wildman–Crippen LogP) is 6.28. The molecule has 0 atom stereocenters. The standard InChI is InChI=1S/C22H23Cl3N4O3S/c1-4-29-20(11-32-18-7-6-13(3)8-19(18)31-5-2)27-28-22(29)33-12-21(30)26-17-10-15(24)14(23)9-16(17)25/h6-10H,4-5,11-12H2,1-3H3,(H,26,30). The van der Waals surface area contributed by atoms with Crippen LogP contribution in [0.2, 0.25) is 15.1 Å². The highest BCUT2D eigenvalue weighted by molar-refractivity contribution is 7.99. The van der Waals surface area contributed by atoms with Gasteiger partial charge in [-0.1, -0.05) is 52.6 Å². The Morgan fingerprint density at radius 1 is 1.03 bits per heavy atom. The summed E-state index contributed by atoms with van der Waals surface area (Å²) in [4.78, 5) is 12.4. The van der Waals surface area contributed by atoms with Gasteiger partial charge in [0.15, 0.2) is 22.5 Å². The van der Waals surface area contributed by atoms with E-state index in [0.717, 1.165) is 5.56 Å². The Morgan fingerprint density at radius 2 is 1.79 bits per heavy atom. The van der Waals surface area contributed by atoms with Crippen LogP contribution in [-0.4, -0.2) is 33.0 Å². The van der Waals surface area contributed by atoms with Crippen LogP contribution in [0.5, 0.6) is 11.5 Å². The summed E-state index contributed by atoms with van der Waals surface area (Å²) in [6.45, 7) is 7.28. The summed E-state index contributed by atoms with van der Waals surface area (Å²) >= 11 is 19.3. The number of nitrogens with one attached hydrogen (secondary N) is 1. The van der Waals surface area contributed by atoms with Crippen molar-refractivity contribution >= 4 is 58.2 Å². The van der Waals surface area contributed by atoms with Gasteiger partial charge in [-0.15, -0.1) is 10.2 Å². The molecule has 0 fully saturated rings. The minimum absolute atomic E-state index is 0.113. The van der Waals surface area contributed by atoms with Crippen molar-refractivity contribution in [3.8, 4) is 11.5 Å². The van der Waals surface area contributed by atoms with Crippen LogP contribution in [0.1, 0.15) is 25.2 Å². The zero-order valence-electron chi connectivity index (χ0n) is 18.3. The lowest BCUT2D eigenvalue weighted by Gasteiger charge is -2.13. The third-order valence-electron chi connectivity index (χ3n) is 4.48. The molecule has 7 nitrogen and oxygen atoms in total. The van der Waals surface area contributed by atoms with Crippen molar-refractivity contribution in [2.45, 2.75) is 39.1 Å². The van der Waals surface area contributed by atoms with Crippen LogP contribution in [0.15, 0.2) is 35.5 Å². The quantitative estimate of drug-likeness (QED) is 0.246. The number of aromatic nitrogens is 3. The lowest BCUT2D eigenvalue weighted by Crippen LogP contribution is -2.15. The number of nitrogens with zero attached hydrogens (tertiary/aromatic N) is 3.